The van der Waals surface area contributed by atoms with E-state index in [0.717, 1.165) is 11.3 Å². The number of hydrogen-bond donors (Lipinski definition) is 1. The Balaban J connectivity index is 1.48. The van der Waals surface area contributed by atoms with Crippen LogP contribution in [0.1, 0.15) is 21.0 Å². The molecule has 0 radical (unpaired) electrons. The van der Waals surface area contributed by atoms with Crippen molar-refractivity contribution in [3.8, 4) is 17.1 Å². The van der Waals surface area contributed by atoms with Crippen molar-refractivity contribution in [3.05, 3.63) is 96.3 Å². The molecule has 1 aromatic heterocycles. The zero-order chi connectivity index (χ0) is 23.9. The average molecular weight is 456 g/mol. The molecular formula is C25H20N4O5. The number of hydrogen-bond acceptors (Lipinski definition) is 7. The van der Waals surface area contributed by atoms with E-state index in [1.54, 1.807) is 22.9 Å². The third-order valence-electron chi connectivity index (χ3n) is 4.72. The van der Waals surface area contributed by atoms with Crippen LogP contribution in [0.4, 0.5) is 5.69 Å². The number of benzene rings is 3. The van der Waals surface area contributed by atoms with Crippen molar-refractivity contribution in [2.75, 3.05) is 19.0 Å². The smallest absolute Gasteiger partial charge is 0.378 e. The first-order valence-corrected chi connectivity index (χ1v) is 10.3. The van der Waals surface area contributed by atoms with Crippen molar-refractivity contribution in [2.45, 2.75) is 0 Å². The van der Waals surface area contributed by atoms with E-state index in [9.17, 15) is 14.4 Å². The van der Waals surface area contributed by atoms with Crippen LogP contribution in [-0.2, 0) is 14.3 Å². The molecule has 4 rings (SSSR count). The largest absolute Gasteiger partial charge is 0.465 e. The van der Waals surface area contributed by atoms with Gasteiger partial charge in [0.1, 0.15) is 0 Å². The summed E-state index contributed by atoms with van der Waals surface area (Å²) < 4.78 is 11.3. The van der Waals surface area contributed by atoms with Gasteiger partial charge in [0.2, 0.25) is 0 Å². The Kier molecular flexibility index (Phi) is 6.73. The summed E-state index contributed by atoms with van der Waals surface area (Å²) in [6.45, 7) is -0.554. The van der Waals surface area contributed by atoms with Crippen LogP contribution in [-0.4, -0.2) is 46.3 Å². The number of para-hydroxylation sites is 1. The Labute approximate surface area is 195 Å². The fourth-order valence-electron chi connectivity index (χ4n) is 3.16. The van der Waals surface area contributed by atoms with Crippen LogP contribution in [0.25, 0.3) is 17.1 Å². The van der Waals surface area contributed by atoms with Gasteiger partial charge >= 0.3 is 11.9 Å². The monoisotopic (exact) mass is 456 g/mol. The van der Waals surface area contributed by atoms with E-state index < -0.39 is 24.5 Å². The molecule has 0 fully saturated rings. The van der Waals surface area contributed by atoms with Crippen molar-refractivity contribution >= 4 is 23.5 Å². The molecule has 9 heteroatoms. The maximum Gasteiger partial charge on any atom is 0.378 e. The quantitative estimate of drug-likeness (QED) is 0.424. The van der Waals surface area contributed by atoms with E-state index in [1.165, 1.54) is 13.2 Å². The molecule has 170 valence electrons. The number of nitrogens with one attached hydrogen (secondary N) is 1. The first kappa shape index (κ1) is 22.4. The van der Waals surface area contributed by atoms with Crippen LogP contribution in [0, 0.1) is 0 Å². The molecule has 0 spiro atoms. The van der Waals surface area contributed by atoms with Gasteiger partial charge in [0.25, 0.3) is 11.7 Å². The van der Waals surface area contributed by atoms with Gasteiger partial charge in [-0.1, -0.05) is 54.6 Å². The number of anilines is 1. The third-order valence-corrected chi connectivity index (χ3v) is 4.72. The van der Waals surface area contributed by atoms with Crippen LogP contribution in [0.2, 0.25) is 0 Å². The molecule has 1 amide bonds. The summed E-state index contributed by atoms with van der Waals surface area (Å²) in [5.74, 6) is -1.67. The van der Waals surface area contributed by atoms with Gasteiger partial charge in [-0.15, -0.1) is 5.10 Å². The van der Waals surface area contributed by atoms with E-state index in [1.807, 2.05) is 60.7 Å². The number of carbonyl (C=O) groups is 3. The molecule has 0 aliphatic carbocycles. The van der Waals surface area contributed by atoms with Gasteiger partial charge in [0.15, 0.2) is 12.4 Å². The second kappa shape index (κ2) is 10.2. The van der Waals surface area contributed by atoms with Crippen molar-refractivity contribution < 1.29 is 23.9 Å². The number of esters is 2. The van der Waals surface area contributed by atoms with Gasteiger partial charge in [-0.2, -0.15) is 0 Å². The third kappa shape index (κ3) is 5.16. The van der Waals surface area contributed by atoms with Crippen LogP contribution in [0.5, 0.6) is 0 Å². The minimum absolute atomic E-state index is 0.178. The number of carbonyl (C=O) groups excluding carboxylic acids is 3. The van der Waals surface area contributed by atoms with E-state index >= 15 is 0 Å². The summed E-state index contributed by atoms with van der Waals surface area (Å²) >= 11 is 0. The second-order valence-electron chi connectivity index (χ2n) is 7.07. The fraction of sp³-hybridized carbons (Fsp3) is 0.0800. The first-order valence-electron chi connectivity index (χ1n) is 10.3. The molecular weight excluding hydrogens is 436 g/mol. The van der Waals surface area contributed by atoms with Crippen molar-refractivity contribution in [3.63, 3.8) is 0 Å². The maximum atomic E-state index is 12.6. The van der Waals surface area contributed by atoms with E-state index in [4.69, 9.17) is 4.74 Å². The Morgan fingerprint density at radius 1 is 0.882 bits per heavy atom. The Morgan fingerprint density at radius 2 is 1.59 bits per heavy atom. The molecule has 0 aliphatic heterocycles. The van der Waals surface area contributed by atoms with Crippen LogP contribution < -0.4 is 5.32 Å². The predicted octanol–water partition coefficient (Wildman–Crippen LogP) is 3.52. The van der Waals surface area contributed by atoms with Crippen LogP contribution in [0.15, 0.2) is 84.9 Å². The molecule has 0 saturated carbocycles. The molecule has 3 aromatic carbocycles. The Morgan fingerprint density at radius 3 is 2.29 bits per heavy atom. The minimum atomic E-state index is -0.842. The maximum absolute atomic E-state index is 12.6. The molecule has 0 unspecified atom stereocenters. The topological polar surface area (TPSA) is 112 Å². The zero-order valence-corrected chi connectivity index (χ0v) is 18.2. The van der Waals surface area contributed by atoms with Crippen molar-refractivity contribution in [2.24, 2.45) is 0 Å². The van der Waals surface area contributed by atoms with Crippen molar-refractivity contribution in [1.82, 2.24) is 14.8 Å². The van der Waals surface area contributed by atoms with Gasteiger partial charge in [-0.05, 0) is 30.3 Å². The number of nitrogens with zero attached hydrogens (tertiary/aromatic N) is 3. The normalized spacial score (nSPS) is 10.4. The SMILES string of the molecule is COC(=O)c1cccc(NC(=O)COC(=O)c2nc(-c3ccccc3)n(-c3ccccc3)n2)c1. The molecule has 0 aliphatic rings. The lowest BCUT2D eigenvalue weighted by atomic mass is 10.2. The first-order chi connectivity index (χ1) is 16.5. The van der Waals surface area contributed by atoms with Gasteiger partial charge < -0.3 is 14.8 Å². The summed E-state index contributed by atoms with van der Waals surface area (Å²) in [6.07, 6.45) is 0. The summed E-state index contributed by atoms with van der Waals surface area (Å²) in [7, 11) is 1.27. The number of methoxy groups -OCH3 is 1. The highest BCUT2D eigenvalue weighted by Crippen LogP contribution is 2.21. The molecule has 1 N–H and O–H groups in total. The lowest BCUT2D eigenvalue weighted by Gasteiger charge is -2.07. The predicted molar refractivity (Wildman–Crippen MR) is 123 cm³/mol. The Bertz CT molecular complexity index is 1260. The lowest BCUT2D eigenvalue weighted by Crippen LogP contribution is -2.21. The highest BCUT2D eigenvalue weighted by molar-refractivity contribution is 5.96. The second-order valence-corrected chi connectivity index (χ2v) is 7.07. The molecule has 0 saturated heterocycles. The van der Waals surface area contributed by atoms with E-state index in [0.29, 0.717) is 11.5 Å². The highest BCUT2D eigenvalue weighted by Gasteiger charge is 2.21. The number of amides is 1. The van der Waals surface area contributed by atoms with Gasteiger partial charge in [-0.3, -0.25) is 4.79 Å². The number of aromatic nitrogens is 3. The zero-order valence-electron chi connectivity index (χ0n) is 18.2. The summed E-state index contributed by atoms with van der Waals surface area (Å²) in [4.78, 5) is 40.9. The summed E-state index contributed by atoms with van der Waals surface area (Å²) in [5.41, 5.74) is 2.13. The fourth-order valence-corrected chi connectivity index (χ4v) is 3.16. The number of ether oxygens (including phenoxy) is 2. The van der Waals surface area contributed by atoms with E-state index in [2.05, 4.69) is 20.1 Å². The van der Waals surface area contributed by atoms with Crippen LogP contribution >= 0.6 is 0 Å². The van der Waals surface area contributed by atoms with Crippen molar-refractivity contribution in [1.29, 1.82) is 0 Å². The number of rotatable bonds is 7. The van der Waals surface area contributed by atoms with E-state index in [-0.39, 0.29) is 11.4 Å². The van der Waals surface area contributed by atoms with Gasteiger partial charge in [-0.25, -0.2) is 19.3 Å². The molecule has 9 nitrogen and oxygen atoms in total. The molecule has 4 aromatic rings. The standard InChI is InChI=1S/C25H20N4O5/c1-33-24(31)18-11-8-12-19(15-18)26-21(30)16-34-25(32)22-27-23(17-9-4-2-5-10-17)29(28-22)20-13-6-3-7-14-20/h2-15H,16H2,1H3,(H,26,30). The Hall–Kier alpha value is -4.79. The molecule has 0 bridgehead atoms. The minimum Gasteiger partial charge on any atom is -0.465 e. The van der Waals surface area contributed by atoms with Crippen LogP contribution in [0.3, 0.4) is 0 Å². The highest BCUT2D eigenvalue weighted by atomic mass is 16.5. The molecule has 34 heavy (non-hydrogen) atoms. The molecule has 0 atom stereocenters. The van der Waals surface area contributed by atoms with Gasteiger partial charge in [0.05, 0.1) is 18.4 Å². The molecule has 1 heterocycles. The average Bonchev–Trinajstić information content (AvgIpc) is 3.34. The summed E-state index contributed by atoms with van der Waals surface area (Å²) in [6, 6.07) is 24.8. The summed E-state index contributed by atoms with van der Waals surface area (Å²) in [5, 5.41) is 6.87. The lowest BCUT2D eigenvalue weighted by molar-refractivity contribution is -0.119. The van der Waals surface area contributed by atoms with Gasteiger partial charge in [0, 0.05) is 11.3 Å².